The maximum absolute atomic E-state index is 14.9. The standard InChI is InChI=1S/C74H127N17O13/c1-10-48(8)63(74(104)90-60(42-47(6)7)70(100)84-56(29-17-22-38-78)68(98)88-62(44-51-31-33-52(93)34-32-51)73(103)86-58(64(80)94)40-45(2)3)91-69(99)57(30-18-23-39-79)83-66(96)54(27-15-20-36-76)85-72(102)61(43-50-24-12-11-13-25-50)89-71(101)59(41-46(4)5)87-67(97)55(28-16-21-37-77)82-65(95)53(81-49(9)92)26-14-19-35-75/h11-13,24-25,31-34,45-48,53-63,93H,10,14-23,26-30,35-44,75-79H2,1-9H3,(H2,80,94)(H,81,92)(H,82,95)(H,83,96)(H,84,100)(H,85,102)(H,86,103)(H,87,97)(H,88,98)(H,89,101)(H,90,104)(H,91,99)/t48-,53-,54-,55-,56-,57-,58-,59-,60-,61-,62-,63-/m0/s1. The van der Waals surface area contributed by atoms with Crippen molar-refractivity contribution >= 4 is 70.9 Å². The Morgan fingerprint density at radius 1 is 0.337 bits per heavy atom. The smallest absolute Gasteiger partial charge is 0.243 e. The number of nitrogens with two attached hydrogens (primary N) is 6. The molecule has 0 fully saturated rings. The Balaban J connectivity index is 2.60. The van der Waals surface area contributed by atoms with E-state index in [9.17, 15) is 62.6 Å². The predicted octanol–water partition coefficient (Wildman–Crippen LogP) is 0.845. The van der Waals surface area contributed by atoms with Crippen LogP contribution in [0.15, 0.2) is 54.6 Å². The summed E-state index contributed by atoms with van der Waals surface area (Å²) < 4.78 is 0. The van der Waals surface area contributed by atoms with Gasteiger partial charge in [0.1, 0.15) is 72.2 Å². The zero-order valence-electron chi connectivity index (χ0n) is 63.1. The molecule has 2 aromatic rings. The van der Waals surface area contributed by atoms with E-state index in [-0.39, 0.29) is 107 Å². The Hall–Kier alpha value is -8.32. The van der Waals surface area contributed by atoms with Crippen molar-refractivity contribution in [2.24, 2.45) is 58.1 Å². The van der Waals surface area contributed by atoms with Crippen molar-refractivity contribution in [3.8, 4) is 5.75 Å². The van der Waals surface area contributed by atoms with Gasteiger partial charge < -0.3 is 98.0 Å². The van der Waals surface area contributed by atoms with Crippen molar-refractivity contribution in [2.75, 3.05) is 32.7 Å². The van der Waals surface area contributed by atoms with Gasteiger partial charge in [0.15, 0.2) is 0 Å². The molecule has 0 heterocycles. The number of carbonyl (C=O) groups excluding carboxylic acids is 12. The van der Waals surface area contributed by atoms with E-state index in [1.54, 1.807) is 56.3 Å². The second kappa shape index (κ2) is 51.0. The lowest BCUT2D eigenvalue weighted by molar-refractivity contribution is -0.137. The number of nitrogens with one attached hydrogen (secondary N) is 11. The first-order chi connectivity index (χ1) is 49.4. The minimum absolute atomic E-state index is 0.0311. The zero-order valence-corrected chi connectivity index (χ0v) is 63.1. The monoisotopic (exact) mass is 1460 g/mol. The number of carbonyl (C=O) groups is 12. The fourth-order valence-electron chi connectivity index (χ4n) is 11.7. The lowest BCUT2D eigenvalue weighted by Gasteiger charge is -2.30. The maximum atomic E-state index is 14.9. The molecule has 0 aliphatic heterocycles. The highest BCUT2D eigenvalue weighted by atomic mass is 16.3. The Kier molecular flexibility index (Phi) is 45.0. The van der Waals surface area contributed by atoms with Gasteiger partial charge in [0.05, 0.1) is 0 Å². The van der Waals surface area contributed by atoms with Crippen molar-refractivity contribution < 1.29 is 62.6 Å². The van der Waals surface area contributed by atoms with Gasteiger partial charge >= 0.3 is 0 Å². The summed E-state index contributed by atoms with van der Waals surface area (Å²) in [5.41, 5.74) is 36.1. The normalized spacial score (nSPS) is 14.8. The summed E-state index contributed by atoms with van der Waals surface area (Å²) in [6, 6.07) is 1.28. The van der Waals surface area contributed by atoms with Gasteiger partial charge in [-0.3, -0.25) is 57.5 Å². The summed E-state index contributed by atoms with van der Waals surface area (Å²) in [7, 11) is 0. The molecule has 24 N–H and O–H groups in total. The van der Waals surface area contributed by atoms with Crippen molar-refractivity contribution in [3.05, 3.63) is 65.7 Å². The molecule has 2 aromatic carbocycles. The van der Waals surface area contributed by atoms with Crippen LogP contribution in [0.1, 0.15) is 195 Å². The summed E-state index contributed by atoms with van der Waals surface area (Å²) in [6.07, 6.45) is 5.67. The van der Waals surface area contributed by atoms with E-state index >= 15 is 0 Å². The highest BCUT2D eigenvalue weighted by Gasteiger charge is 2.38. The third kappa shape index (κ3) is 36.4. The van der Waals surface area contributed by atoms with Crippen LogP contribution in [0, 0.1) is 23.7 Å². The Labute approximate surface area is 615 Å². The van der Waals surface area contributed by atoms with Gasteiger partial charge in [-0.15, -0.1) is 0 Å². The van der Waals surface area contributed by atoms with E-state index in [2.05, 4.69) is 58.5 Å². The molecule has 0 aliphatic rings. The van der Waals surface area contributed by atoms with Crippen LogP contribution in [0.3, 0.4) is 0 Å². The van der Waals surface area contributed by atoms with Crippen LogP contribution >= 0.6 is 0 Å². The van der Waals surface area contributed by atoms with Crippen LogP contribution < -0.4 is 92.9 Å². The quantitative estimate of drug-likeness (QED) is 0.0408. The fourth-order valence-corrected chi connectivity index (χ4v) is 11.7. The molecule has 12 amide bonds. The Bertz CT molecular complexity index is 2960. The number of phenolic OH excluding ortho intramolecular Hbond substituents is 1. The topological polar surface area (TPSA) is 514 Å². The highest BCUT2D eigenvalue weighted by molar-refractivity contribution is 5.99. The van der Waals surface area contributed by atoms with Crippen LogP contribution in [0.25, 0.3) is 0 Å². The summed E-state index contributed by atoms with van der Waals surface area (Å²) >= 11 is 0. The molecular formula is C74H127N17O13. The molecule has 30 nitrogen and oxygen atoms in total. The highest BCUT2D eigenvalue weighted by Crippen LogP contribution is 2.18. The first kappa shape index (κ1) is 91.8. The van der Waals surface area contributed by atoms with E-state index in [1.807, 2.05) is 41.5 Å². The van der Waals surface area contributed by atoms with Crippen LogP contribution in [-0.2, 0) is 70.4 Å². The van der Waals surface area contributed by atoms with E-state index in [0.29, 0.717) is 94.8 Å². The number of benzene rings is 2. The molecule has 586 valence electrons. The first-order valence-electron chi connectivity index (χ1n) is 37.3. The summed E-state index contributed by atoms with van der Waals surface area (Å²) in [5.74, 6) is -9.50. The molecule has 0 aromatic heterocycles. The van der Waals surface area contributed by atoms with E-state index in [4.69, 9.17) is 34.4 Å². The second-order valence-electron chi connectivity index (χ2n) is 28.4. The molecule has 12 atom stereocenters. The number of aromatic hydroxyl groups is 1. The molecule has 104 heavy (non-hydrogen) atoms. The zero-order chi connectivity index (χ0) is 77.8. The third-order valence-electron chi connectivity index (χ3n) is 17.7. The SMILES string of the molecule is CC[C@H](C)[C@H](NC(=O)[C@H](CCCCN)NC(=O)[C@H](CCCCN)NC(=O)[C@H](Cc1ccccc1)NC(=O)[C@H](CC(C)C)NC(=O)[C@H](CCCCN)NC(=O)[C@H](CCCCN)NC(C)=O)C(=O)N[C@@H](CC(C)C)C(=O)N[C@@H](CCCCN)C(=O)N[C@@H](Cc1ccc(O)cc1)C(=O)N[C@@H](CC(C)C)C(N)=O. The van der Waals surface area contributed by atoms with E-state index in [0.717, 1.165) is 0 Å². The van der Waals surface area contributed by atoms with Gasteiger partial charge in [-0.2, -0.15) is 0 Å². The number of hydrogen-bond donors (Lipinski definition) is 18. The summed E-state index contributed by atoms with van der Waals surface area (Å²) in [4.78, 5) is 170. The van der Waals surface area contributed by atoms with Crippen molar-refractivity contribution in [1.82, 2.24) is 58.5 Å². The molecule has 0 bridgehead atoms. The largest absolute Gasteiger partial charge is 0.508 e. The maximum Gasteiger partial charge on any atom is 0.243 e. The Morgan fingerprint density at radius 2 is 0.606 bits per heavy atom. The third-order valence-corrected chi connectivity index (χ3v) is 17.7. The molecule has 0 spiro atoms. The number of hydrogen-bond acceptors (Lipinski definition) is 18. The molecule has 30 heteroatoms. The molecule has 0 radical (unpaired) electrons. The van der Waals surface area contributed by atoms with Crippen LogP contribution in [0.5, 0.6) is 5.75 Å². The lowest BCUT2D eigenvalue weighted by atomic mass is 9.95. The number of rotatable bonds is 54. The second-order valence-corrected chi connectivity index (χ2v) is 28.4. The van der Waals surface area contributed by atoms with Gasteiger partial charge in [0.2, 0.25) is 70.9 Å². The van der Waals surface area contributed by atoms with Crippen LogP contribution in [0.2, 0.25) is 0 Å². The van der Waals surface area contributed by atoms with Gasteiger partial charge in [0, 0.05) is 19.8 Å². The molecule has 2 rings (SSSR count). The number of primary amides is 1. The average Bonchev–Trinajstić information content (AvgIpc) is 0.855. The number of unbranched alkanes of at least 4 members (excludes halogenated alkanes) is 5. The Morgan fingerprint density at radius 3 is 0.923 bits per heavy atom. The van der Waals surface area contributed by atoms with Crippen molar-refractivity contribution in [3.63, 3.8) is 0 Å². The van der Waals surface area contributed by atoms with Gasteiger partial charge in [0.25, 0.3) is 0 Å². The van der Waals surface area contributed by atoms with Crippen molar-refractivity contribution in [2.45, 2.75) is 264 Å². The number of amides is 12. The van der Waals surface area contributed by atoms with Crippen molar-refractivity contribution in [1.29, 1.82) is 0 Å². The predicted molar refractivity (Wildman–Crippen MR) is 400 cm³/mol. The van der Waals surface area contributed by atoms with Crippen LogP contribution in [-0.4, -0.2) is 175 Å². The summed E-state index contributed by atoms with van der Waals surface area (Å²) in [5, 5.41) is 40.7. The van der Waals surface area contributed by atoms with Gasteiger partial charge in [-0.05, 0) is 195 Å². The van der Waals surface area contributed by atoms with Crippen LogP contribution in [0.4, 0.5) is 0 Å². The molecular weight excluding hydrogens is 1330 g/mol. The van der Waals surface area contributed by atoms with E-state index in [1.165, 1.54) is 19.1 Å². The minimum atomic E-state index is -1.35. The van der Waals surface area contributed by atoms with Gasteiger partial charge in [-0.25, -0.2) is 0 Å². The van der Waals surface area contributed by atoms with Gasteiger partial charge in [-0.1, -0.05) is 104 Å². The number of phenols is 1. The molecule has 0 aliphatic carbocycles. The fraction of sp³-hybridized carbons (Fsp3) is 0.676. The average molecular weight is 1460 g/mol. The lowest BCUT2D eigenvalue weighted by Crippen LogP contribution is -2.61. The van der Waals surface area contributed by atoms with E-state index < -0.39 is 143 Å². The minimum Gasteiger partial charge on any atom is -0.508 e. The molecule has 0 saturated heterocycles. The first-order valence-corrected chi connectivity index (χ1v) is 37.3. The summed E-state index contributed by atoms with van der Waals surface area (Å²) in [6.45, 7) is 17.3. The molecule has 0 saturated carbocycles. The molecule has 0 unspecified atom stereocenters.